The smallest absolute Gasteiger partial charge is 0.315 e. The Balaban J connectivity index is 1.85. The second kappa shape index (κ2) is 17.4. The molecule has 44 heavy (non-hydrogen) atoms. The highest BCUT2D eigenvalue weighted by Crippen LogP contribution is 2.31. The number of amides is 3. The lowest BCUT2D eigenvalue weighted by atomic mass is 9.97. The fraction of sp³-hybridized carbons (Fsp3) is 0.576. The number of carbonyl (C=O) groups excluding carboxylic acids is 2. The molecule has 1 unspecified atom stereocenters. The fourth-order valence-corrected chi connectivity index (χ4v) is 5.45. The average molecular weight is 619 g/mol. The summed E-state index contributed by atoms with van der Waals surface area (Å²) < 4.78 is 39.7. The number of nitrogens with zero attached hydrogens (tertiary/aromatic N) is 1. The number of nitrogens with two attached hydrogens (primary N) is 1. The Morgan fingerprint density at radius 2 is 1.73 bits per heavy atom. The lowest BCUT2D eigenvalue weighted by molar-refractivity contribution is -0.274. The summed E-state index contributed by atoms with van der Waals surface area (Å²) in [6, 6.07) is 8.52. The number of hydrogen-bond donors (Lipinski definition) is 4. The van der Waals surface area contributed by atoms with Crippen LogP contribution < -0.4 is 16.4 Å². The van der Waals surface area contributed by atoms with Gasteiger partial charge in [0.15, 0.2) is 5.79 Å². The first kappa shape index (κ1) is 35.4. The van der Waals surface area contributed by atoms with Gasteiger partial charge < -0.3 is 35.8 Å². The minimum Gasteiger partial charge on any atom is -0.390 e. The molecule has 3 atom stereocenters. The van der Waals surface area contributed by atoms with Crippen LogP contribution in [0.4, 0.5) is 13.6 Å². The van der Waals surface area contributed by atoms with Crippen molar-refractivity contribution in [3.05, 3.63) is 70.8 Å². The lowest BCUT2D eigenvalue weighted by Crippen LogP contribution is -2.54. The van der Waals surface area contributed by atoms with Gasteiger partial charge in [0.2, 0.25) is 5.91 Å². The van der Waals surface area contributed by atoms with Crippen LogP contribution in [0.2, 0.25) is 0 Å². The number of carbonyl (C=O) groups is 2. The summed E-state index contributed by atoms with van der Waals surface area (Å²) in [5, 5.41) is 16.4. The summed E-state index contributed by atoms with van der Waals surface area (Å²) in [5.74, 6) is -2.71. The largest absolute Gasteiger partial charge is 0.390 e. The van der Waals surface area contributed by atoms with Crippen LogP contribution in [-0.2, 0) is 33.7 Å². The van der Waals surface area contributed by atoms with Crippen LogP contribution >= 0.6 is 0 Å². The third-order valence-electron chi connectivity index (χ3n) is 7.95. The molecule has 0 saturated carbocycles. The second-order valence-corrected chi connectivity index (χ2v) is 11.5. The average Bonchev–Trinajstić information content (AvgIpc) is 3.01. The van der Waals surface area contributed by atoms with E-state index in [0.717, 1.165) is 42.9 Å². The van der Waals surface area contributed by atoms with Crippen molar-refractivity contribution in [1.29, 1.82) is 0 Å². The van der Waals surface area contributed by atoms with E-state index < -0.39 is 47.5 Å². The van der Waals surface area contributed by atoms with E-state index in [1.54, 1.807) is 0 Å². The maximum atomic E-state index is 14.2. The first-order valence-corrected chi connectivity index (χ1v) is 15.6. The first-order chi connectivity index (χ1) is 21.1. The Morgan fingerprint density at radius 1 is 1.05 bits per heavy atom. The van der Waals surface area contributed by atoms with Crippen molar-refractivity contribution >= 4 is 11.9 Å². The number of benzene rings is 2. The molecule has 0 spiro atoms. The summed E-state index contributed by atoms with van der Waals surface area (Å²) in [5.41, 5.74) is 8.52. The van der Waals surface area contributed by atoms with Crippen LogP contribution in [0.3, 0.4) is 0 Å². The number of ether oxygens (including phenoxy) is 2. The highest BCUT2D eigenvalue weighted by molar-refractivity contribution is 5.87. The van der Waals surface area contributed by atoms with Crippen LogP contribution in [0.5, 0.6) is 0 Å². The van der Waals surface area contributed by atoms with Gasteiger partial charge in [0.1, 0.15) is 17.7 Å². The van der Waals surface area contributed by atoms with Gasteiger partial charge in [-0.15, -0.1) is 0 Å². The topological polar surface area (TPSA) is 126 Å². The van der Waals surface area contributed by atoms with Gasteiger partial charge in [-0.3, -0.25) is 4.79 Å². The van der Waals surface area contributed by atoms with E-state index in [9.17, 15) is 23.5 Å². The number of urea groups is 1. The third kappa shape index (κ3) is 10.8. The van der Waals surface area contributed by atoms with Gasteiger partial charge in [-0.25, -0.2) is 13.6 Å². The van der Waals surface area contributed by atoms with E-state index in [2.05, 4.69) is 17.6 Å². The standard InChI is InChI=1S/C33H48F2N4O5/c1-4-6-12-33(43-14-8-15-44-33)13-11-29(38-32(42)37-3)31(41)39(21-24-10-7-9-23(5-2)16-24)22-30(40)28(36)19-25-17-26(34)20-27(35)18-25/h7,9-10,16-18,20,28-30,40H,4-6,8,11-15,19,21-22,36H2,1-3H3,(H2,37,38,42)/t28-,29?,30+/m0/s1. The van der Waals surface area contributed by atoms with Gasteiger partial charge in [-0.05, 0) is 60.9 Å². The van der Waals surface area contributed by atoms with Gasteiger partial charge in [0, 0.05) is 45.1 Å². The van der Waals surface area contributed by atoms with Crippen molar-refractivity contribution in [2.24, 2.45) is 5.73 Å². The molecule has 2 aromatic carbocycles. The maximum absolute atomic E-state index is 14.2. The molecule has 1 heterocycles. The van der Waals surface area contributed by atoms with Gasteiger partial charge in [0.05, 0.1) is 19.3 Å². The molecule has 3 rings (SSSR count). The molecule has 2 aromatic rings. The van der Waals surface area contributed by atoms with Crippen molar-refractivity contribution < 1.29 is 33.0 Å². The van der Waals surface area contributed by atoms with Gasteiger partial charge in [-0.2, -0.15) is 0 Å². The minimum atomic E-state index is -1.22. The molecular weight excluding hydrogens is 570 g/mol. The highest BCUT2D eigenvalue weighted by Gasteiger charge is 2.37. The Hall–Kier alpha value is -3.12. The Bertz CT molecular complexity index is 1190. The molecule has 0 bridgehead atoms. The third-order valence-corrected chi connectivity index (χ3v) is 7.95. The van der Waals surface area contributed by atoms with Crippen LogP contribution in [0.1, 0.15) is 69.1 Å². The number of halogens is 2. The summed E-state index contributed by atoms with van der Waals surface area (Å²) >= 11 is 0. The van der Waals surface area contributed by atoms with Crippen molar-refractivity contribution in [1.82, 2.24) is 15.5 Å². The van der Waals surface area contributed by atoms with E-state index in [4.69, 9.17) is 15.2 Å². The fourth-order valence-electron chi connectivity index (χ4n) is 5.45. The summed E-state index contributed by atoms with van der Waals surface area (Å²) in [7, 11) is 1.47. The normalized spacial score (nSPS) is 16.5. The number of hydrogen-bond acceptors (Lipinski definition) is 6. The van der Waals surface area contributed by atoms with E-state index in [1.807, 2.05) is 31.2 Å². The van der Waals surface area contributed by atoms with Crippen molar-refractivity contribution in [2.75, 3.05) is 26.8 Å². The molecule has 1 saturated heterocycles. The summed E-state index contributed by atoms with van der Waals surface area (Å²) in [6.45, 7) is 5.24. The molecule has 11 heteroatoms. The minimum absolute atomic E-state index is 0.00224. The van der Waals surface area contributed by atoms with Crippen LogP contribution in [0.25, 0.3) is 0 Å². The zero-order valence-electron chi connectivity index (χ0n) is 26.1. The quantitative estimate of drug-likeness (QED) is 0.224. The van der Waals surface area contributed by atoms with Gasteiger partial charge >= 0.3 is 6.03 Å². The monoisotopic (exact) mass is 618 g/mol. The van der Waals surface area contributed by atoms with E-state index >= 15 is 0 Å². The lowest BCUT2D eigenvalue weighted by Gasteiger charge is -2.39. The molecule has 0 aliphatic carbocycles. The summed E-state index contributed by atoms with van der Waals surface area (Å²) in [6.07, 6.45) is 3.52. The van der Waals surface area contributed by atoms with E-state index in [-0.39, 0.29) is 25.9 Å². The SMILES string of the molecule is CCCCC1(CCC(NC(=O)NC)C(=O)N(Cc2cccc(CC)c2)C[C@@H](O)[C@@H](N)Cc2cc(F)cc(F)c2)OCCCO1. The Kier molecular flexibility index (Phi) is 14.0. The Labute approximate surface area is 259 Å². The maximum Gasteiger partial charge on any atom is 0.315 e. The van der Waals surface area contributed by atoms with Crippen LogP contribution in [-0.4, -0.2) is 72.7 Å². The van der Waals surface area contributed by atoms with Crippen LogP contribution in [0.15, 0.2) is 42.5 Å². The molecule has 1 fully saturated rings. The molecule has 1 aliphatic rings. The molecular formula is C33H48F2N4O5. The zero-order chi connectivity index (χ0) is 32.1. The number of aliphatic hydroxyl groups excluding tert-OH is 1. The van der Waals surface area contributed by atoms with Crippen molar-refractivity contribution in [3.63, 3.8) is 0 Å². The first-order valence-electron chi connectivity index (χ1n) is 15.6. The number of nitrogens with one attached hydrogen (secondary N) is 2. The van der Waals surface area contributed by atoms with Gasteiger partial charge in [0.25, 0.3) is 0 Å². The second-order valence-electron chi connectivity index (χ2n) is 11.5. The number of unbranched alkanes of at least 4 members (excludes halogenated alkanes) is 1. The molecule has 1 aliphatic heterocycles. The van der Waals surface area contributed by atoms with E-state index in [1.165, 1.54) is 24.1 Å². The molecule has 5 N–H and O–H groups in total. The van der Waals surface area contributed by atoms with Crippen molar-refractivity contribution in [3.8, 4) is 0 Å². The number of aryl methyl sites for hydroxylation is 1. The molecule has 0 aromatic heterocycles. The number of rotatable bonds is 16. The van der Waals surface area contributed by atoms with Crippen molar-refractivity contribution in [2.45, 2.75) is 95.7 Å². The molecule has 244 valence electrons. The van der Waals surface area contributed by atoms with E-state index in [0.29, 0.717) is 31.6 Å². The number of aliphatic hydroxyl groups is 1. The highest BCUT2D eigenvalue weighted by atomic mass is 19.1. The zero-order valence-corrected chi connectivity index (χ0v) is 26.1. The predicted octanol–water partition coefficient (Wildman–Crippen LogP) is 4.19. The molecule has 3 amide bonds. The van der Waals surface area contributed by atoms with Crippen LogP contribution in [0, 0.1) is 11.6 Å². The molecule has 0 radical (unpaired) electrons. The Morgan fingerprint density at radius 3 is 2.36 bits per heavy atom. The molecule has 9 nitrogen and oxygen atoms in total. The van der Waals surface area contributed by atoms with Gasteiger partial charge in [-0.1, -0.05) is 44.5 Å². The predicted molar refractivity (Wildman–Crippen MR) is 165 cm³/mol. The summed E-state index contributed by atoms with van der Waals surface area (Å²) in [4.78, 5) is 28.2.